The van der Waals surface area contributed by atoms with Crippen molar-refractivity contribution in [3.63, 3.8) is 0 Å². The van der Waals surface area contributed by atoms with E-state index in [1.807, 2.05) is 0 Å². The molecule has 0 amide bonds. The molecule has 0 aromatic carbocycles. The van der Waals surface area contributed by atoms with Gasteiger partial charge in [-0.25, -0.2) is 0 Å². The standard InChI is InChI=1S/C12H15Cl2F5/c1-10(2)7(4-3-5-8(10)13)6-9(14)11(15,16)12(17,18)19/h6-8H,3-5H2,1-2H3/t7-,8+/m1/s1. The molecular formula is C12H15Cl2F5. The zero-order valence-electron chi connectivity index (χ0n) is 10.5. The average Bonchev–Trinajstić information content (AvgIpc) is 2.23. The van der Waals surface area contributed by atoms with Gasteiger partial charge >= 0.3 is 12.1 Å². The van der Waals surface area contributed by atoms with Crippen LogP contribution >= 0.6 is 23.2 Å². The third-order valence-corrected chi connectivity index (χ3v) is 4.88. The molecule has 0 aliphatic heterocycles. The number of halogens is 7. The summed E-state index contributed by atoms with van der Waals surface area (Å²) in [7, 11) is 0. The summed E-state index contributed by atoms with van der Waals surface area (Å²) in [6.45, 7) is 3.50. The molecule has 0 N–H and O–H groups in total. The van der Waals surface area contributed by atoms with Crippen LogP contribution in [0.4, 0.5) is 22.0 Å². The Bertz CT molecular complexity index is 360. The molecule has 112 valence electrons. The molecule has 0 aromatic heterocycles. The highest BCUT2D eigenvalue weighted by atomic mass is 35.5. The molecule has 0 unspecified atom stereocenters. The van der Waals surface area contributed by atoms with Gasteiger partial charge in [0.2, 0.25) is 0 Å². The van der Waals surface area contributed by atoms with Crippen LogP contribution in [-0.2, 0) is 0 Å². The van der Waals surface area contributed by atoms with Gasteiger partial charge in [0.05, 0.1) is 5.03 Å². The topological polar surface area (TPSA) is 0 Å². The van der Waals surface area contributed by atoms with Crippen molar-refractivity contribution >= 4 is 23.2 Å². The van der Waals surface area contributed by atoms with Crippen molar-refractivity contribution in [2.75, 3.05) is 0 Å². The lowest BCUT2D eigenvalue weighted by Crippen LogP contribution is -2.39. The third-order valence-electron chi connectivity index (χ3n) is 3.74. The van der Waals surface area contributed by atoms with Crippen LogP contribution in [0.3, 0.4) is 0 Å². The quantitative estimate of drug-likeness (QED) is 0.448. The number of hydrogen-bond acceptors (Lipinski definition) is 0. The number of allylic oxidation sites excluding steroid dienone is 2. The van der Waals surface area contributed by atoms with E-state index in [2.05, 4.69) is 0 Å². The third kappa shape index (κ3) is 3.35. The fourth-order valence-corrected chi connectivity index (χ4v) is 2.78. The lowest BCUT2D eigenvalue weighted by molar-refractivity contribution is -0.261. The summed E-state index contributed by atoms with van der Waals surface area (Å²) in [6, 6.07) is 0. The molecular weight excluding hydrogens is 310 g/mol. The Kier molecular flexibility index (Phi) is 4.83. The van der Waals surface area contributed by atoms with Crippen LogP contribution in [0.1, 0.15) is 33.1 Å². The first-order valence-corrected chi connectivity index (χ1v) is 6.68. The zero-order chi connectivity index (χ0) is 15.1. The van der Waals surface area contributed by atoms with Crippen LogP contribution in [0.25, 0.3) is 0 Å². The van der Waals surface area contributed by atoms with Crippen molar-refractivity contribution in [2.45, 2.75) is 50.6 Å². The average molecular weight is 325 g/mol. The van der Waals surface area contributed by atoms with E-state index in [0.717, 1.165) is 6.08 Å². The minimum Gasteiger partial charge on any atom is -0.190 e. The van der Waals surface area contributed by atoms with E-state index in [4.69, 9.17) is 23.2 Å². The summed E-state index contributed by atoms with van der Waals surface area (Å²) in [6.07, 6.45) is -2.96. The molecule has 1 saturated carbocycles. The van der Waals surface area contributed by atoms with Crippen molar-refractivity contribution < 1.29 is 22.0 Å². The van der Waals surface area contributed by atoms with Gasteiger partial charge in [-0.1, -0.05) is 37.9 Å². The van der Waals surface area contributed by atoms with Crippen LogP contribution in [0, 0.1) is 11.3 Å². The SMILES string of the molecule is CC1(C)[C@@H](Cl)CCC[C@@H]1C=C(Cl)C(F)(F)C(F)(F)F. The van der Waals surface area contributed by atoms with Gasteiger partial charge in [0.25, 0.3) is 0 Å². The summed E-state index contributed by atoms with van der Waals surface area (Å²) in [5.41, 5.74) is -0.568. The molecule has 0 radical (unpaired) electrons. The fourth-order valence-electron chi connectivity index (χ4n) is 2.21. The monoisotopic (exact) mass is 324 g/mol. The first-order valence-electron chi connectivity index (χ1n) is 5.87. The van der Waals surface area contributed by atoms with E-state index in [1.54, 1.807) is 13.8 Å². The molecule has 7 heteroatoms. The summed E-state index contributed by atoms with van der Waals surface area (Å²) in [5.74, 6) is -5.51. The number of alkyl halides is 6. The Morgan fingerprint density at radius 3 is 2.16 bits per heavy atom. The Labute approximate surface area is 118 Å². The van der Waals surface area contributed by atoms with E-state index in [0.29, 0.717) is 19.3 Å². The molecule has 1 fully saturated rings. The highest BCUT2D eigenvalue weighted by molar-refractivity contribution is 6.30. The minimum atomic E-state index is -5.68. The minimum absolute atomic E-state index is 0.272. The first-order chi connectivity index (χ1) is 8.40. The molecule has 2 atom stereocenters. The van der Waals surface area contributed by atoms with Crippen LogP contribution < -0.4 is 0 Å². The molecule has 1 rings (SSSR count). The molecule has 0 nitrogen and oxygen atoms in total. The highest BCUT2D eigenvalue weighted by Gasteiger charge is 2.60. The number of rotatable bonds is 2. The van der Waals surface area contributed by atoms with Crippen LogP contribution in [0.2, 0.25) is 0 Å². The second-order valence-electron chi connectivity index (χ2n) is 5.41. The molecule has 0 aromatic rings. The molecule has 1 aliphatic carbocycles. The highest BCUT2D eigenvalue weighted by Crippen LogP contribution is 2.48. The maximum atomic E-state index is 13.1. The lowest BCUT2D eigenvalue weighted by Gasteiger charge is -2.41. The van der Waals surface area contributed by atoms with Crippen molar-refractivity contribution in [3.8, 4) is 0 Å². The van der Waals surface area contributed by atoms with E-state index in [-0.39, 0.29) is 5.38 Å². The van der Waals surface area contributed by atoms with E-state index in [9.17, 15) is 22.0 Å². The Morgan fingerprint density at radius 1 is 1.16 bits per heavy atom. The van der Waals surface area contributed by atoms with Crippen molar-refractivity contribution in [1.82, 2.24) is 0 Å². The predicted octanol–water partition coefficient (Wildman–Crippen LogP) is 5.74. The molecule has 19 heavy (non-hydrogen) atoms. The maximum Gasteiger partial charge on any atom is 0.459 e. The molecule has 0 heterocycles. The Morgan fingerprint density at radius 2 is 1.68 bits per heavy atom. The maximum absolute atomic E-state index is 13.1. The second kappa shape index (κ2) is 5.40. The largest absolute Gasteiger partial charge is 0.459 e. The van der Waals surface area contributed by atoms with Crippen molar-refractivity contribution in [1.29, 1.82) is 0 Å². The fraction of sp³-hybridized carbons (Fsp3) is 0.833. The van der Waals surface area contributed by atoms with E-state index in [1.165, 1.54) is 0 Å². The molecule has 1 aliphatic rings. The first kappa shape index (κ1) is 17.0. The summed E-state index contributed by atoms with van der Waals surface area (Å²) in [5, 5.41) is -1.74. The van der Waals surface area contributed by atoms with Gasteiger partial charge in [-0.3, -0.25) is 0 Å². The summed E-state index contributed by atoms with van der Waals surface area (Å²) >= 11 is 11.3. The van der Waals surface area contributed by atoms with Crippen LogP contribution in [0.15, 0.2) is 11.1 Å². The Hall–Kier alpha value is -0.0300. The molecule has 0 bridgehead atoms. The van der Waals surface area contributed by atoms with E-state index < -0.39 is 28.5 Å². The molecule has 0 saturated heterocycles. The zero-order valence-corrected chi connectivity index (χ0v) is 12.0. The predicted molar refractivity (Wildman–Crippen MR) is 65.7 cm³/mol. The van der Waals surface area contributed by atoms with Crippen LogP contribution in [-0.4, -0.2) is 17.5 Å². The lowest BCUT2D eigenvalue weighted by atomic mass is 9.68. The van der Waals surface area contributed by atoms with Gasteiger partial charge in [0.15, 0.2) is 0 Å². The van der Waals surface area contributed by atoms with Gasteiger partial charge in [0, 0.05) is 5.38 Å². The van der Waals surface area contributed by atoms with E-state index >= 15 is 0 Å². The summed E-state index contributed by atoms with van der Waals surface area (Å²) < 4.78 is 62.8. The van der Waals surface area contributed by atoms with Gasteiger partial charge in [-0.15, -0.1) is 11.6 Å². The normalized spacial score (nSPS) is 29.4. The van der Waals surface area contributed by atoms with Crippen molar-refractivity contribution in [2.24, 2.45) is 11.3 Å². The molecule has 0 spiro atoms. The smallest absolute Gasteiger partial charge is 0.190 e. The van der Waals surface area contributed by atoms with Gasteiger partial charge in [0.1, 0.15) is 0 Å². The van der Waals surface area contributed by atoms with Gasteiger partial charge in [-0.05, 0) is 24.2 Å². The van der Waals surface area contributed by atoms with Crippen molar-refractivity contribution in [3.05, 3.63) is 11.1 Å². The van der Waals surface area contributed by atoms with Gasteiger partial charge in [-0.2, -0.15) is 22.0 Å². The second-order valence-corrected chi connectivity index (χ2v) is 6.35. The summed E-state index contributed by atoms with van der Waals surface area (Å²) in [4.78, 5) is 0. The van der Waals surface area contributed by atoms with Gasteiger partial charge < -0.3 is 0 Å². The number of hydrogen-bond donors (Lipinski definition) is 0. The Balaban J connectivity index is 3.02. The van der Waals surface area contributed by atoms with Crippen LogP contribution in [0.5, 0.6) is 0 Å².